The van der Waals surface area contributed by atoms with Crippen LogP contribution in [0, 0.1) is 5.82 Å². The summed E-state index contributed by atoms with van der Waals surface area (Å²) in [4.78, 5) is 1.03. The first kappa shape index (κ1) is 12.5. The first-order valence-electron chi connectivity index (χ1n) is 5.62. The Hall–Kier alpha value is -0.970. The van der Waals surface area contributed by atoms with Crippen LogP contribution in [0.1, 0.15) is 24.8 Å². The Bertz CT molecular complexity index is 509. The molecule has 0 spiro atoms. The Morgan fingerprint density at radius 3 is 2.82 bits per heavy atom. The molecule has 2 aromatic rings. The highest BCUT2D eigenvalue weighted by molar-refractivity contribution is 7.19. The third-order valence-corrected chi connectivity index (χ3v) is 3.71. The molecule has 2 nitrogen and oxygen atoms in total. The number of rotatable bonds is 4. The number of ether oxygens (including phenoxy) is 1. The second-order valence-corrected chi connectivity index (χ2v) is 5.43. The van der Waals surface area contributed by atoms with Crippen molar-refractivity contribution in [2.75, 3.05) is 6.61 Å². The molecule has 17 heavy (non-hydrogen) atoms. The number of fused-ring (bicyclic) bond motifs is 1. The molecule has 0 aliphatic rings. The lowest BCUT2D eigenvalue weighted by atomic mass is 10.2. The van der Waals surface area contributed by atoms with Gasteiger partial charge in [-0.15, -0.1) is 11.3 Å². The van der Waals surface area contributed by atoms with Crippen molar-refractivity contribution in [3.05, 3.63) is 35.0 Å². The highest BCUT2D eigenvalue weighted by atomic mass is 32.1. The van der Waals surface area contributed by atoms with Crippen molar-refractivity contribution in [1.29, 1.82) is 0 Å². The van der Waals surface area contributed by atoms with Gasteiger partial charge in [0.1, 0.15) is 5.82 Å². The number of nitrogens with two attached hydrogens (primary N) is 1. The van der Waals surface area contributed by atoms with Crippen LogP contribution in [0.2, 0.25) is 0 Å². The minimum Gasteiger partial charge on any atom is -0.377 e. The van der Waals surface area contributed by atoms with E-state index in [0.717, 1.165) is 15.0 Å². The predicted molar refractivity (Wildman–Crippen MR) is 69.8 cm³/mol. The third kappa shape index (κ3) is 3.03. The molecule has 0 saturated heterocycles. The van der Waals surface area contributed by atoms with Crippen LogP contribution in [-0.2, 0) is 4.74 Å². The maximum atomic E-state index is 13.1. The number of halogens is 1. The van der Waals surface area contributed by atoms with Gasteiger partial charge >= 0.3 is 0 Å². The van der Waals surface area contributed by atoms with Crippen LogP contribution in [0.15, 0.2) is 24.3 Å². The van der Waals surface area contributed by atoms with Crippen molar-refractivity contribution in [2.24, 2.45) is 5.73 Å². The molecule has 0 amide bonds. The molecule has 2 N–H and O–H groups in total. The van der Waals surface area contributed by atoms with Crippen LogP contribution >= 0.6 is 11.3 Å². The Morgan fingerprint density at radius 2 is 2.12 bits per heavy atom. The molecule has 1 atom stereocenters. The van der Waals surface area contributed by atoms with Crippen molar-refractivity contribution in [1.82, 2.24) is 0 Å². The molecule has 0 bridgehead atoms. The van der Waals surface area contributed by atoms with E-state index in [1.807, 2.05) is 19.9 Å². The second kappa shape index (κ2) is 5.12. The van der Waals surface area contributed by atoms with Crippen LogP contribution < -0.4 is 5.73 Å². The molecule has 0 aliphatic carbocycles. The minimum atomic E-state index is -0.210. The highest BCUT2D eigenvalue weighted by Gasteiger charge is 2.11. The first-order valence-corrected chi connectivity index (χ1v) is 6.44. The summed E-state index contributed by atoms with van der Waals surface area (Å²) in [5.41, 5.74) is 6.04. The zero-order valence-corrected chi connectivity index (χ0v) is 10.8. The van der Waals surface area contributed by atoms with E-state index in [0.29, 0.717) is 6.61 Å². The summed E-state index contributed by atoms with van der Waals surface area (Å²) in [6, 6.07) is 6.65. The molecule has 4 heteroatoms. The van der Waals surface area contributed by atoms with Crippen LogP contribution in [0.5, 0.6) is 0 Å². The van der Waals surface area contributed by atoms with Crippen LogP contribution in [0.25, 0.3) is 10.1 Å². The highest BCUT2D eigenvalue weighted by Crippen LogP contribution is 2.29. The predicted octanol–water partition coefficient (Wildman–Crippen LogP) is 3.47. The molecule has 2 rings (SSSR count). The molecule has 1 aromatic heterocycles. The molecule has 0 radical (unpaired) electrons. The van der Waals surface area contributed by atoms with Gasteiger partial charge in [-0.1, -0.05) is 6.07 Å². The van der Waals surface area contributed by atoms with Gasteiger partial charge in [0.15, 0.2) is 0 Å². The monoisotopic (exact) mass is 253 g/mol. The van der Waals surface area contributed by atoms with Gasteiger partial charge < -0.3 is 10.5 Å². The van der Waals surface area contributed by atoms with Gasteiger partial charge in [0.05, 0.1) is 18.8 Å². The maximum absolute atomic E-state index is 13.1. The average molecular weight is 253 g/mol. The Balaban J connectivity index is 2.18. The lowest BCUT2D eigenvalue weighted by molar-refractivity contribution is 0.0689. The fraction of sp³-hybridized carbons (Fsp3) is 0.385. The van der Waals surface area contributed by atoms with E-state index < -0.39 is 0 Å². The van der Waals surface area contributed by atoms with Crippen molar-refractivity contribution in [2.45, 2.75) is 26.0 Å². The van der Waals surface area contributed by atoms with Gasteiger partial charge in [-0.3, -0.25) is 0 Å². The van der Waals surface area contributed by atoms with E-state index in [9.17, 15) is 4.39 Å². The van der Waals surface area contributed by atoms with Crippen molar-refractivity contribution >= 4 is 21.4 Å². The van der Waals surface area contributed by atoms with Crippen molar-refractivity contribution in [3.8, 4) is 0 Å². The van der Waals surface area contributed by atoms with Crippen LogP contribution in [0.4, 0.5) is 4.39 Å². The molecular formula is C13H16FNOS. The normalized spacial score (nSPS) is 13.5. The van der Waals surface area contributed by atoms with Gasteiger partial charge in [0, 0.05) is 9.58 Å². The summed E-state index contributed by atoms with van der Waals surface area (Å²) < 4.78 is 19.5. The van der Waals surface area contributed by atoms with Crippen molar-refractivity contribution in [3.63, 3.8) is 0 Å². The fourth-order valence-electron chi connectivity index (χ4n) is 1.59. The second-order valence-electron chi connectivity index (χ2n) is 4.32. The number of hydrogen-bond donors (Lipinski definition) is 1. The number of hydrogen-bond acceptors (Lipinski definition) is 3. The van der Waals surface area contributed by atoms with E-state index in [-0.39, 0.29) is 18.0 Å². The van der Waals surface area contributed by atoms with Crippen LogP contribution in [0.3, 0.4) is 0 Å². The standard InChI is InChI=1S/C13H16FNOS/c1-8(2)16-7-11(15)13-5-9-3-4-10(14)6-12(9)17-13/h3-6,8,11H,7,15H2,1-2H3. The average Bonchev–Trinajstić information content (AvgIpc) is 2.68. The molecule has 1 aromatic carbocycles. The summed E-state index contributed by atoms with van der Waals surface area (Å²) in [6.07, 6.45) is 0.174. The van der Waals surface area contributed by atoms with Gasteiger partial charge in [0.2, 0.25) is 0 Å². The lowest BCUT2D eigenvalue weighted by Crippen LogP contribution is -2.18. The van der Waals surface area contributed by atoms with Gasteiger partial charge in [-0.05, 0) is 37.4 Å². The summed E-state index contributed by atoms with van der Waals surface area (Å²) in [7, 11) is 0. The molecule has 1 unspecified atom stereocenters. The van der Waals surface area contributed by atoms with E-state index in [1.54, 1.807) is 12.1 Å². The van der Waals surface area contributed by atoms with Gasteiger partial charge in [0.25, 0.3) is 0 Å². The zero-order chi connectivity index (χ0) is 12.4. The van der Waals surface area contributed by atoms with E-state index in [2.05, 4.69) is 0 Å². The Labute approximate surface area is 104 Å². The van der Waals surface area contributed by atoms with E-state index in [1.165, 1.54) is 17.4 Å². The molecule has 0 saturated carbocycles. The van der Waals surface area contributed by atoms with Gasteiger partial charge in [-0.25, -0.2) is 4.39 Å². The Morgan fingerprint density at radius 1 is 1.35 bits per heavy atom. The largest absolute Gasteiger partial charge is 0.377 e. The van der Waals surface area contributed by atoms with Crippen molar-refractivity contribution < 1.29 is 9.13 Å². The van der Waals surface area contributed by atoms with E-state index in [4.69, 9.17) is 10.5 Å². The first-order chi connectivity index (χ1) is 8.06. The SMILES string of the molecule is CC(C)OCC(N)c1cc2ccc(F)cc2s1. The van der Waals surface area contributed by atoms with Crippen LogP contribution in [-0.4, -0.2) is 12.7 Å². The smallest absolute Gasteiger partial charge is 0.124 e. The number of thiophene rings is 1. The molecule has 0 aliphatic heterocycles. The summed E-state index contributed by atoms with van der Waals surface area (Å²) in [5.74, 6) is -0.210. The molecular weight excluding hydrogens is 237 g/mol. The minimum absolute atomic E-state index is 0.141. The fourth-order valence-corrected chi connectivity index (χ4v) is 2.66. The lowest BCUT2D eigenvalue weighted by Gasteiger charge is -2.12. The zero-order valence-electron chi connectivity index (χ0n) is 9.94. The maximum Gasteiger partial charge on any atom is 0.124 e. The topological polar surface area (TPSA) is 35.2 Å². The quantitative estimate of drug-likeness (QED) is 0.905. The number of benzene rings is 1. The molecule has 92 valence electrons. The van der Waals surface area contributed by atoms with Gasteiger partial charge in [-0.2, -0.15) is 0 Å². The summed E-state index contributed by atoms with van der Waals surface area (Å²) in [5, 5.41) is 1.03. The molecule has 0 fully saturated rings. The summed E-state index contributed by atoms with van der Waals surface area (Å²) >= 11 is 1.53. The third-order valence-electron chi connectivity index (χ3n) is 2.48. The Kier molecular flexibility index (Phi) is 3.76. The van der Waals surface area contributed by atoms with E-state index >= 15 is 0 Å². The molecule has 1 heterocycles. The summed E-state index contributed by atoms with van der Waals surface area (Å²) in [6.45, 7) is 4.45.